The van der Waals surface area contributed by atoms with E-state index < -0.39 is 0 Å². The second kappa shape index (κ2) is 4.27. The first-order chi connectivity index (χ1) is 7.65. The molecular weight excluding hydrogens is 306 g/mol. The molecule has 0 radical (unpaired) electrons. The standard InChI is InChI=1S/C12H15BrClNS/c13-12-9(14)5-10(16-12)11(15)8-4-6-1-2-7(8)3-6/h5-8,11H,1-4,15H2. The van der Waals surface area contributed by atoms with Crippen LogP contribution in [0.15, 0.2) is 9.85 Å². The molecular formula is C12H15BrClNS. The summed E-state index contributed by atoms with van der Waals surface area (Å²) in [5.41, 5.74) is 6.40. The normalized spacial score (nSPS) is 34.6. The van der Waals surface area contributed by atoms with Crippen LogP contribution in [0.1, 0.15) is 36.6 Å². The molecule has 3 rings (SSSR count). The molecule has 2 aliphatic rings. The first kappa shape index (κ1) is 11.5. The van der Waals surface area contributed by atoms with E-state index in [9.17, 15) is 0 Å². The zero-order valence-corrected chi connectivity index (χ0v) is 12.1. The van der Waals surface area contributed by atoms with Crippen LogP contribution in [0, 0.1) is 17.8 Å². The fourth-order valence-corrected chi connectivity index (χ4v) is 5.30. The van der Waals surface area contributed by atoms with E-state index in [4.69, 9.17) is 17.3 Å². The van der Waals surface area contributed by atoms with Crippen LogP contribution >= 0.6 is 38.9 Å². The average Bonchev–Trinajstić information content (AvgIpc) is 2.94. The minimum absolute atomic E-state index is 0.198. The van der Waals surface area contributed by atoms with E-state index in [2.05, 4.69) is 15.9 Å². The summed E-state index contributed by atoms with van der Waals surface area (Å²) in [5, 5.41) is 0.804. The summed E-state index contributed by atoms with van der Waals surface area (Å²) < 4.78 is 1.02. The van der Waals surface area contributed by atoms with Gasteiger partial charge in [0.2, 0.25) is 0 Å². The number of nitrogens with two attached hydrogens (primary N) is 1. The molecule has 2 aliphatic carbocycles. The molecule has 0 aromatic carbocycles. The van der Waals surface area contributed by atoms with Gasteiger partial charge in [-0.05, 0) is 59.0 Å². The fraction of sp³-hybridized carbons (Fsp3) is 0.667. The number of rotatable bonds is 2. The molecule has 4 unspecified atom stereocenters. The van der Waals surface area contributed by atoms with Gasteiger partial charge in [-0.1, -0.05) is 18.0 Å². The molecule has 0 spiro atoms. The quantitative estimate of drug-likeness (QED) is 0.846. The van der Waals surface area contributed by atoms with Gasteiger partial charge in [0.15, 0.2) is 0 Å². The van der Waals surface area contributed by atoms with Crippen molar-refractivity contribution in [2.45, 2.75) is 31.7 Å². The molecule has 16 heavy (non-hydrogen) atoms. The Bertz CT molecular complexity index is 386. The predicted octanol–water partition coefficient (Wildman–Crippen LogP) is 4.60. The molecule has 2 N–H and O–H groups in total. The zero-order chi connectivity index (χ0) is 11.3. The Morgan fingerprint density at radius 1 is 1.44 bits per heavy atom. The lowest BCUT2D eigenvalue weighted by Gasteiger charge is -2.26. The molecule has 0 aliphatic heterocycles. The third-order valence-corrected chi connectivity index (χ3v) is 6.82. The van der Waals surface area contributed by atoms with Crippen molar-refractivity contribution in [3.05, 3.63) is 19.8 Å². The van der Waals surface area contributed by atoms with Crippen molar-refractivity contribution in [3.8, 4) is 0 Å². The van der Waals surface area contributed by atoms with Crippen molar-refractivity contribution in [2.24, 2.45) is 23.5 Å². The summed E-state index contributed by atoms with van der Waals surface area (Å²) in [6.07, 6.45) is 5.57. The van der Waals surface area contributed by atoms with Crippen LogP contribution in [0.4, 0.5) is 0 Å². The smallest absolute Gasteiger partial charge is 0.0887 e. The van der Waals surface area contributed by atoms with Gasteiger partial charge in [-0.3, -0.25) is 0 Å². The highest BCUT2D eigenvalue weighted by Gasteiger charge is 2.42. The van der Waals surface area contributed by atoms with Crippen molar-refractivity contribution in [2.75, 3.05) is 0 Å². The van der Waals surface area contributed by atoms with E-state index >= 15 is 0 Å². The molecule has 2 fully saturated rings. The summed E-state index contributed by atoms with van der Waals surface area (Å²) in [6, 6.07) is 2.23. The van der Waals surface area contributed by atoms with Crippen LogP contribution in [0.2, 0.25) is 5.02 Å². The maximum absolute atomic E-state index is 6.40. The van der Waals surface area contributed by atoms with Crippen LogP contribution in [-0.2, 0) is 0 Å². The van der Waals surface area contributed by atoms with E-state index in [1.165, 1.54) is 30.6 Å². The summed E-state index contributed by atoms with van der Waals surface area (Å²) in [7, 11) is 0. The van der Waals surface area contributed by atoms with Crippen molar-refractivity contribution in [3.63, 3.8) is 0 Å². The average molecular weight is 321 g/mol. The Hall–Kier alpha value is 0.430. The van der Waals surface area contributed by atoms with E-state index in [0.717, 1.165) is 20.6 Å². The Morgan fingerprint density at radius 3 is 2.75 bits per heavy atom. The lowest BCUT2D eigenvalue weighted by molar-refractivity contribution is 0.287. The van der Waals surface area contributed by atoms with Gasteiger partial charge in [0, 0.05) is 10.9 Å². The lowest BCUT2D eigenvalue weighted by Crippen LogP contribution is -2.25. The van der Waals surface area contributed by atoms with E-state index in [1.54, 1.807) is 11.3 Å². The van der Waals surface area contributed by atoms with Crippen LogP contribution < -0.4 is 5.73 Å². The highest BCUT2D eigenvalue weighted by atomic mass is 79.9. The minimum Gasteiger partial charge on any atom is -0.323 e. The van der Waals surface area contributed by atoms with Crippen molar-refractivity contribution >= 4 is 38.9 Å². The van der Waals surface area contributed by atoms with E-state index in [-0.39, 0.29) is 6.04 Å². The van der Waals surface area contributed by atoms with Gasteiger partial charge < -0.3 is 5.73 Å². The molecule has 1 aromatic rings. The van der Waals surface area contributed by atoms with Crippen LogP contribution in [-0.4, -0.2) is 0 Å². The first-order valence-electron chi connectivity index (χ1n) is 5.85. The molecule has 4 atom stereocenters. The van der Waals surface area contributed by atoms with Gasteiger partial charge in [-0.15, -0.1) is 11.3 Å². The van der Waals surface area contributed by atoms with E-state index in [0.29, 0.717) is 5.92 Å². The number of hydrogen-bond donors (Lipinski definition) is 1. The maximum atomic E-state index is 6.40. The molecule has 2 bridgehead atoms. The molecule has 0 amide bonds. The zero-order valence-electron chi connectivity index (χ0n) is 8.96. The minimum atomic E-state index is 0.198. The van der Waals surface area contributed by atoms with Crippen LogP contribution in [0.3, 0.4) is 0 Å². The largest absolute Gasteiger partial charge is 0.323 e. The molecule has 4 heteroatoms. The molecule has 1 heterocycles. The predicted molar refractivity (Wildman–Crippen MR) is 72.9 cm³/mol. The summed E-state index contributed by atoms with van der Waals surface area (Å²) in [5.74, 6) is 2.53. The third-order valence-electron chi connectivity index (χ3n) is 4.25. The van der Waals surface area contributed by atoms with Gasteiger partial charge >= 0.3 is 0 Å². The van der Waals surface area contributed by atoms with Crippen molar-refractivity contribution < 1.29 is 0 Å². The van der Waals surface area contributed by atoms with Crippen LogP contribution in [0.25, 0.3) is 0 Å². The first-order valence-corrected chi connectivity index (χ1v) is 7.84. The van der Waals surface area contributed by atoms with Gasteiger partial charge in [-0.2, -0.15) is 0 Å². The Kier molecular flexibility index (Phi) is 3.07. The SMILES string of the molecule is NC(c1cc(Cl)c(Br)s1)C1CC2CCC1C2. The van der Waals surface area contributed by atoms with Gasteiger partial charge in [-0.25, -0.2) is 0 Å². The Balaban J connectivity index is 1.80. The second-order valence-corrected chi connectivity index (χ2v) is 7.94. The molecule has 0 saturated heterocycles. The summed E-state index contributed by atoms with van der Waals surface area (Å²) in [6.45, 7) is 0. The highest BCUT2D eigenvalue weighted by Crippen LogP contribution is 2.53. The molecule has 1 nitrogen and oxygen atoms in total. The summed E-state index contributed by atoms with van der Waals surface area (Å²) >= 11 is 11.2. The number of hydrogen-bond acceptors (Lipinski definition) is 2. The van der Waals surface area contributed by atoms with Gasteiger partial charge in [0.05, 0.1) is 8.81 Å². The maximum Gasteiger partial charge on any atom is 0.0887 e. The molecule has 88 valence electrons. The van der Waals surface area contributed by atoms with Gasteiger partial charge in [0.25, 0.3) is 0 Å². The monoisotopic (exact) mass is 319 g/mol. The number of halogens is 2. The Morgan fingerprint density at radius 2 is 2.25 bits per heavy atom. The summed E-state index contributed by atoms with van der Waals surface area (Å²) in [4.78, 5) is 1.24. The molecule has 1 aromatic heterocycles. The third kappa shape index (κ3) is 1.86. The van der Waals surface area contributed by atoms with Crippen molar-refractivity contribution in [1.29, 1.82) is 0 Å². The number of fused-ring (bicyclic) bond motifs is 2. The van der Waals surface area contributed by atoms with Crippen LogP contribution in [0.5, 0.6) is 0 Å². The lowest BCUT2D eigenvalue weighted by atomic mass is 9.83. The second-order valence-electron chi connectivity index (χ2n) is 5.13. The fourth-order valence-electron chi connectivity index (χ4n) is 3.47. The Labute approximate surface area is 113 Å². The highest BCUT2D eigenvalue weighted by molar-refractivity contribution is 9.11. The number of thiophene rings is 1. The molecule has 2 saturated carbocycles. The van der Waals surface area contributed by atoms with E-state index in [1.807, 2.05) is 6.07 Å². The van der Waals surface area contributed by atoms with Crippen molar-refractivity contribution in [1.82, 2.24) is 0 Å². The van der Waals surface area contributed by atoms with Gasteiger partial charge in [0.1, 0.15) is 0 Å². The topological polar surface area (TPSA) is 26.0 Å².